The molecule has 0 heterocycles. The minimum absolute atomic E-state index is 0.0163. The first-order valence-electron chi connectivity index (χ1n) is 6.78. The van der Waals surface area contributed by atoms with Crippen LogP contribution in [0.3, 0.4) is 0 Å². The number of carbonyl (C=O) groups is 2. The van der Waals surface area contributed by atoms with Crippen LogP contribution < -0.4 is 0 Å². The summed E-state index contributed by atoms with van der Waals surface area (Å²) in [5.41, 5.74) is 0. The molecular weight excluding hydrogens is 266 g/mol. The van der Waals surface area contributed by atoms with Gasteiger partial charge in [0.25, 0.3) is 0 Å². The van der Waals surface area contributed by atoms with Crippen molar-refractivity contribution in [3.05, 3.63) is 10.1 Å². The molecule has 1 aliphatic carbocycles. The second-order valence-electron chi connectivity index (χ2n) is 5.10. The Morgan fingerprint density at radius 3 is 2.05 bits per heavy atom. The lowest BCUT2D eigenvalue weighted by Crippen LogP contribution is -2.41. The molecule has 0 aromatic carbocycles. The van der Waals surface area contributed by atoms with Crippen molar-refractivity contribution in [2.75, 3.05) is 20.8 Å². The fourth-order valence-electron chi connectivity index (χ4n) is 2.96. The fourth-order valence-corrected chi connectivity index (χ4v) is 2.96. The Morgan fingerprint density at radius 1 is 1.15 bits per heavy atom. The summed E-state index contributed by atoms with van der Waals surface area (Å²) in [4.78, 5) is 34.1. The molecule has 0 aliphatic heterocycles. The summed E-state index contributed by atoms with van der Waals surface area (Å²) in [6.07, 6.45) is 4.61. The third-order valence-electron chi connectivity index (χ3n) is 3.95. The molecule has 1 atom stereocenters. The third kappa shape index (κ3) is 4.18. The zero-order chi connectivity index (χ0) is 15.1. The average molecular weight is 287 g/mol. The smallest absolute Gasteiger partial charge is 0.320 e. The average Bonchev–Trinajstić information content (AvgIpc) is 2.46. The quantitative estimate of drug-likeness (QED) is 0.317. The van der Waals surface area contributed by atoms with Crippen LogP contribution in [0.5, 0.6) is 0 Å². The molecule has 7 heteroatoms. The van der Waals surface area contributed by atoms with Gasteiger partial charge in [-0.15, -0.1) is 0 Å². The normalized spacial score (nSPS) is 17.6. The van der Waals surface area contributed by atoms with Gasteiger partial charge in [0.15, 0.2) is 5.92 Å². The number of ether oxygens (including phenoxy) is 2. The summed E-state index contributed by atoms with van der Waals surface area (Å²) in [5.74, 6) is -3.40. The van der Waals surface area contributed by atoms with Gasteiger partial charge in [-0.2, -0.15) is 0 Å². The number of carbonyl (C=O) groups excluding carboxylic acids is 2. The Kier molecular flexibility index (Phi) is 6.41. The zero-order valence-electron chi connectivity index (χ0n) is 11.9. The Hall–Kier alpha value is -1.66. The molecule has 0 aromatic rings. The maximum absolute atomic E-state index is 11.8. The van der Waals surface area contributed by atoms with Crippen LogP contribution in [0.25, 0.3) is 0 Å². The van der Waals surface area contributed by atoms with Gasteiger partial charge < -0.3 is 9.47 Å². The van der Waals surface area contributed by atoms with Gasteiger partial charge in [-0.1, -0.05) is 19.3 Å². The molecule has 1 aliphatic rings. The van der Waals surface area contributed by atoms with E-state index < -0.39 is 35.2 Å². The lowest BCUT2D eigenvalue weighted by Gasteiger charge is -2.30. The standard InChI is InChI=1S/C13H21NO6/c1-19-12(15)11(13(16)20-2)10(8-14(17)18)9-6-4-3-5-7-9/h9-11H,3-8H2,1-2H3/t10-/m0/s1. The van der Waals surface area contributed by atoms with E-state index >= 15 is 0 Å². The number of rotatable bonds is 6. The van der Waals surface area contributed by atoms with Crippen LogP contribution in [0.2, 0.25) is 0 Å². The Labute approximate surface area is 117 Å². The topological polar surface area (TPSA) is 95.7 Å². The molecular formula is C13H21NO6. The highest BCUT2D eigenvalue weighted by Gasteiger charge is 2.44. The van der Waals surface area contributed by atoms with Crippen molar-refractivity contribution in [1.82, 2.24) is 0 Å². The van der Waals surface area contributed by atoms with Gasteiger partial charge in [0, 0.05) is 4.92 Å². The lowest BCUT2D eigenvalue weighted by molar-refractivity contribution is -0.491. The molecule has 0 unspecified atom stereocenters. The van der Waals surface area contributed by atoms with E-state index in [2.05, 4.69) is 9.47 Å². The van der Waals surface area contributed by atoms with Crippen LogP contribution in [0.4, 0.5) is 0 Å². The van der Waals surface area contributed by atoms with Crippen molar-refractivity contribution >= 4 is 11.9 Å². The van der Waals surface area contributed by atoms with Gasteiger partial charge in [-0.3, -0.25) is 19.7 Å². The van der Waals surface area contributed by atoms with Crippen molar-refractivity contribution in [2.24, 2.45) is 17.8 Å². The first-order valence-corrected chi connectivity index (χ1v) is 6.78. The molecule has 0 saturated heterocycles. The summed E-state index contributed by atoms with van der Waals surface area (Å²) in [6.45, 7) is -0.417. The molecule has 1 fully saturated rings. The van der Waals surface area contributed by atoms with Gasteiger partial charge in [0.2, 0.25) is 6.54 Å². The molecule has 0 N–H and O–H groups in total. The predicted molar refractivity (Wildman–Crippen MR) is 69.4 cm³/mol. The van der Waals surface area contributed by atoms with Gasteiger partial charge >= 0.3 is 11.9 Å². The Balaban J connectivity index is 2.99. The van der Waals surface area contributed by atoms with Gasteiger partial charge in [-0.25, -0.2) is 0 Å². The molecule has 0 amide bonds. The maximum Gasteiger partial charge on any atom is 0.320 e. The maximum atomic E-state index is 11.8. The van der Waals surface area contributed by atoms with E-state index in [1.165, 1.54) is 14.2 Å². The summed E-state index contributed by atoms with van der Waals surface area (Å²) in [5, 5.41) is 10.9. The Morgan fingerprint density at radius 2 is 1.65 bits per heavy atom. The highest BCUT2D eigenvalue weighted by molar-refractivity contribution is 5.95. The molecule has 1 saturated carbocycles. The van der Waals surface area contributed by atoms with Crippen molar-refractivity contribution in [3.63, 3.8) is 0 Å². The SMILES string of the molecule is COC(=O)C(C(=O)OC)[C@@H](C[N+](=O)[O-])C1CCCCC1. The largest absolute Gasteiger partial charge is 0.468 e. The summed E-state index contributed by atoms with van der Waals surface area (Å²) in [7, 11) is 2.34. The molecule has 7 nitrogen and oxygen atoms in total. The molecule has 20 heavy (non-hydrogen) atoms. The van der Waals surface area contributed by atoms with Crippen LogP contribution in [0.15, 0.2) is 0 Å². The van der Waals surface area contributed by atoms with E-state index in [1.807, 2.05) is 0 Å². The van der Waals surface area contributed by atoms with Crippen LogP contribution in [-0.2, 0) is 19.1 Å². The van der Waals surface area contributed by atoms with Gasteiger partial charge in [0.1, 0.15) is 0 Å². The van der Waals surface area contributed by atoms with Crippen LogP contribution in [0, 0.1) is 27.9 Å². The number of esters is 2. The van der Waals surface area contributed by atoms with Crippen LogP contribution in [0.1, 0.15) is 32.1 Å². The lowest BCUT2D eigenvalue weighted by atomic mass is 9.74. The second kappa shape index (κ2) is 7.81. The minimum Gasteiger partial charge on any atom is -0.468 e. The number of hydrogen-bond acceptors (Lipinski definition) is 6. The first kappa shape index (κ1) is 16.4. The summed E-state index contributed by atoms with van der Waals surface area (Å²) >= 11 is 0. The van der Waals surface area contributed by atoms with E-state index in [0.717, 1.165) is 32.1 Å². The number of methoxy groups -OCH3 is 2. The molecule has 0 bridgehead atoms. The van der Waals surface area contributed by atoms with E-state index in [1.54, 1.807) is 0 Å². The molecule has 114 valence electrons. The van der Waals surface area contributed by atoms with E-state index in [9.17, 15) is 19.7 Å². The monoisotopic (exact) mass is 287 g/mol. The third-order valence-corrected chi connectivity index (χ3v) is 3.95. The van der Waals surface area contributed by atoms with Crippen molar-refractivity contribution in [3.8, 4) is 0 Å². The molecule has 0 radical (unpaired) electrons. The predicted octanol–water partition coefficient (Wildman–Crippen LogP) is 1.42. The zero-order valence-corrected chi connectivity index (χ0v) is 11.9. The van der Waals surface area contributed by atoms with Crippen molar-refractivity contribution in [2.45, 2.75) is 32.1 Å². The van der Waals surface area contributed by atoms with Crippen LogP contribution >= 0.6 is 0 Å². The van der Waals surface area contributed by atoms with Crippen molar-refractivity contribution < 1.29 is 24.0 Å². The highest BCUT2D eigenvalue weighted by atomic mass is 16.6. The van der Waals surface area contributed by atoms with E-state index in [0.29, 0.717) is 0 Å². The Bertz CT molecular complexity index is 348. The summed E-state index contributed by atoms with van der Waals surface area (Å²) < 4.78 is 9.25. The number of hydrogen-bond donors (Lipinski definition) is 0. The number of nitro groups is 1. The first-order chi connectivity index (χ1) is 9.51. The van der Waals surface area contributed by atoms with Crippen molar-refractivity contribution in [1.29, 1.82) is 0 Å². The highest BCUT2D eigenvalue weighted by Crippen LogP contribution is 2.35. The summed E-state index contributed by atoms with van der Waals surface area (Å²) in [6, 6.07) is 0. The van der Waals surface area contributed by atoms with E-state index in [-0.39, 0.29) is 5.92 Å². The molecule has 0 spiro atoms. The molecule has 0 aromatic heterocycles. The van der Waals surface area contributed by atoms with Gasteiger partial charge in [0.05, 0.1) is 20.1 Å². The van der Waals surface area contributed by atoms with Crippen LogP contribution in [-0.4, -0.2) is 37.6 Å². The number of nitrogens with zero attached hydrogens (tertiary/aromatic N) is 1. The second-order valence-corrected chi connectivity index (χ2v) is 5.10. The molecule has 1 rings (SSSR count). The van der Waals surface area contributed by atoms with Gasteiger partial charge in [-0.05, 0) is 18.8 Å². The fraction of sp³-hybridized carbons (Fsp3) is 0.846. The minimum atomic E-state index is -1.21. The van der Waals surface area contributed by atoms with E-state index in [4.69, 9.17) is 0 Å².